The Kier molecular flexibility index (Phi) is 12.0. The highest BCUT2D eigenvalue weighted by molar-refractivity contribution is 7.80. The van der Waals surface area contributed by atoms with Crippen LogP contribution in [0.1, 0.15) is 70.5 Å². The van der Waals surface area contributed by atoms with Crippen LogP contribution >= 0.6 is 24.4 Å². The van der Waals surface area contributed by atoms with Gasteiger partial charge in [-0.1, -0.05) is 58.3 Å². The molecule has 0 saturated heterocycles. The number of thiocarbonyl (C=S) groups is 2. The maximum absolute atomic E-state index is 5.57. The van der Waals surface area contributed by atoms with Gasteiger partial charge in [0, 0.05) is 18.8 Å². The largest absolute Gasteiger partial charge is 0.376 e. The fourth-order valence-corrected chi connectivity index (χ4v) is 3.28. The monoisotopic (exact) mass is 398 g/mol. The molecule has 0 amide bonds. The van der Waals surface area contributed by atoms with Gasteiger partial charge in [0.2, 0.25) is 0 Å². The third kappa shape index (κ3) is 10.6. The van der Waals surface area contributed by atoms with Crippen LogP contribution in [0.25, 0.3) is 0 Å². The fraction of sp³-hybridized carbons (Fsp3) is 0.722. The Balaban J connectivity index is 2.31. The highest BCUT2D eigenvalue weighted by Gasteiger charge is 2.12. The molecule has 1 rings (SSSR count). The minimum Gasteiger partial charge on any atom is -0.376 e. The summed E-state index contributed by atoms with van der Waals surface area (Å²) in [4.78, 5) is 4.47. The predicted molar refractivity (Wildman–Crippen MR) is 117 cm³/mol. The van der Waals surface area contributed by atoms with E-state index in [1.54, 1.807) is 0 Å². The normalized spacial score (nSPS) is 10.8. The molecule has 0 atom stereocenters. The molecule has 0 aliphatic rings. The second kappa shape index (κ2) is 13.7. The van der Waals surface area contributed by atoms with Crippen molar-refractivity contribution in [1.82, 2.24) is 20.2 Å². The van der Waals surface area contributed by atoms with E-state index in [0.29, 0.717) is 6.54 Å². The minimum absolute atomic E-state index is 0.208. The van der Waals surface area contributed by atoms with E-state index in [4.69, 9.17) is 35.9 Å². The Morgan fingerprint density at radius 1 is 1.00 bits per heavy atom. The minimum atomic E-state index is -0.249. The van der Waals surface area contributed by atoms with Gasteiger partial charge in [0.25, 0.3) is 0 Å². The number of hydrogen-bond donors (Lipinski definition) is 4. The first-order chi connectivity index (χ1) is 12.5. The Morgan fingerprint density at radius 2 is 1.54 bits per heavy atom. The van der Waals surface area contributed by atoms with Gasteiger partial charge in [-0.3, -0.25) is 0 Å². The van der Waals surface area contributed by atoms with Crippen molar-refractivity contribution in [3.63, 3.8) is 0 Å². The first-order valence-corrected chi connectivity index (χ1v) is 10.5. The molecule has 148 valence electrons. The molecule has 0 saturated carbocycles. The molecule has 0 unspecified atom stereocenters. The fourth-order valence-electron chi connectivity index (χ4n) is 3.00. The lowest BCUT2D eigenvalue weighted by Crippen LogP contribution is -2.53. The van der Waals surface area contributed by atoms with E-state index in [-0.39, 0.29) is 16.4 Å². The molecule has 6 nitrogen and oxygen atoms in total. The van der Waals surface area contributed by atoms with Crippen molar-refractivity contribution in [3.05, 3.63) is 18.2 Å². The molecule has 0 radical (unpaired) electrons. The van der Waals surface area contributed by atoms with Gasteiger partial charge in [-0.2, -0.15) is 0 Å². The smallest absolute Gasteiger partial charge is 0.165 e. The van der Waals surface area contributed by atoms with Crippen molar-refractivity contribution in [2.45, 2.75) is 83.8 Å². The van der Waals surface area contributed by atoms with Crippen LogP contribution in [0.3, 0.4) is 0 Å². The van der Waals surface area contributed by atoms with Crippen LogP contribution in [0.2, 0.25) is 0 Å². The van der Waals surface area contributed by atoms with Gasteiger partial charge in [0.1, 0.15) is 12.0 Å². The summed E-state index contributed by atoms with van der Waals surface area (Å²) in [5.41, 5.74) is 11.1. The molecule has 0 aliphatic heterocycles. The van der Waals surface area contributed by atoms with E-state index in [2.05, 4.69) is 27.1 Å². The summed E-state index contributed by atoms with van der Waals surface area (Å²) in [6.45, 7) is 2.86. The number of hydrogen-bond acceptors (Lipinski definition) is 3. The van der Waals surface area contributed by atoms with Crippen molar-refractivity contribution >= 4 is 34.7 Å². The average molecular weight is 399 g/mol. The van der Waals surface area contributed by atoms with Crippen LogP contribution in [0, 0.1) is 0 Å². The summed E-state index contributed by atoms with van der Waals surface area (Å²) in [6.07, 6.45) is 16.4. The lowest BCUT2D eigenvalue weighted by atomic mass is 10.1. The van der Waals surface area contributed by atoms with E-state index < -0.39 is 0 Å². The zero-order chi connectivity index (χ0) is 19.2. The Labute approximate surface area is 168 Å². The molecule has 1 aromatic rings. The predicted octanol–water partition coefficient (Wildman–Crippen LogP) is 2.95. The third-order valence-corrected chi connectivity index (χ3v) is 4.55. The summed E-state index contributed by atoms with van der Waals surface area (Å²) in [6, 6.07) is 0. The number of nitrogens with one attached hydrogen (secondary N) is 2. The lowest BCUT2D eigenvalue weighted by molar-refractivity contribution is 0.470. The lowest BCUT2D eigenvalue weighted by Gasteiger charge is -2.21. The van der Waals surface area contributed by atoms with Crippen molar-refractivity contribution < 1.29 is 0 Å². The van der Waals surface area contributed by atoms with Crippen LogP contribution in [-0.2, 0) is 13.0 Å². The molecule has 0 aliphatic carbocycles. The number of aromatic nitrogens is 2. The maximum Gasteiger partial charge on any atom is 0.165 e. The van der Waals surface area contributed by atoms with Crippen LogP contribution in [0.15, 0.2) is 12.4 Å². The van der Waals surface area contributed by atoms with Crippen molar-refractivity contribution in [2.24, 2.45) is 11.5 Å². The number of rotatable bonds is 14. The average Bonchev–Trinajstić information content (AvgIpc) is 2.99. The van der Waals surface area contributed by atoms with Crippen LogP contribution in [0.5, 0.6) is 0 Å². The van der Waals surface area contributed by atoms with Gasteiger partial charge in [0.05, 0.1) is 6.54 Å². The van der Waals surface area contributed by atoms with Crippen LogP contribution in [-0.4, -0.2) is 25.9 Å². The molecule has 1 aromatic heterocycles. The first kappa shape index (κ1) is 22.6. The van der Waals surface area contributed by atoms with Crippen molar-refractivity contribution in [1.29, 1.82) is 0 Å². The summed E-state index contributed by atoms with van der Waals surface area (Å²) in [7, 11) is 0. The molecule has 8 heteroatoms. The molecular weight excluding hydrogens is 364 g/mol. The Morgan fingerprint density at radius 3 is 2.08 bits per heavy atom. The molecule has 0 aromatic carbocycles. The molecule has 0 bridgehead atoms. The van der Waals surface area contributed by atoms with Crippen molar-refractivity contribution in [2.75, 3.05) is 0 Å². The standard InChI is InChI=1S/C18H34N6S2/c1-2-3-4-5-6-7-8-9-10-11-16-21-12-13-24(16)14-15(22-17(19)25)23-18(20)26/h12-13,15H,2-11,14H2,1H3,(H3,19,22,25)(H3,20,23,26). The second-order valence-electron chi connectivity index (χ2n) is 6.64. The molecular formula is C18H34N6S2. The SMILES string of the molecule is CCCCCCCCCCCc1nccn1CC(NC(N)=S)NC(N)=S. The number of nitrogens with two attached hydrogens (primary N) is 2. The Hall–Kier alpha value is -1.41. The highest BCUT2D eigenvalue weighted by atomic mass is 32.1. The van der Waals surface area contributed by atoms with Crippen LogP contribution in [0.4, 0.5) is 0 Å². The van der Waals surface area contributed by atoms with E-state index >= 15 is 0 Å². The van der Waals surface area contributed by atoms with Gasteiger partial charge >= 0.3 is 0 Å². The summed E-state index contributed by atoms with van der Waals surface area (Å²) in [5.74, 6) is 1.06. The maximum atomic E-state index is 5.57. The van der Waals surface area contributed by atoms with Gasteiger partial charge < -0.3 is 26.7 Å². The topological polar surface area (TPSA) is 93.9 Å². The third-order valence-electron chi connectivity index (χ3n) is 4.32. The zero-order valence-electron chi connectivity index (χ0n) is 15.9. The van der Waals surface area contributed by atoms with Gasteiger partial charge in [-0.05, 0) is 30.9 Å². The second-order valence-corrected chi connectivity index (χ2v) is 7.52. The quantitative estimate of drug-likeness (QED) is 0.217. The van der Waals surface area contributed by atoms with Crippen molar-refractivity contribution in [3.8, 4) is 0 Å². The highest BCUT2D eigenvalue weighted by Crippen LogP contribution is 2.11. The number of imidazole rings is 1. The molecule has 26 heavy (non-hydrogen) atoms. The Bertz CT molecular complexity index is 516. The number of nitrogens with zero attached hydrogens (tertiary/aromatic N) is 2. The zero-order valence-corrected chi connectivity index (χ0v) is 17.5. The number of aryl methyl sites for hydroxylation is 1. The summed E-state index contributed by atoms with van der Waals surface area (Å²) in [5, 5.41) is 6.34. The summed E-state index contributed by atoms with van der Waals surface area (Å²) >= 11 is 9.83. The van der Waals surface area contributed by atoms with Crippen LogP contribution < -0.4 is 22.1 Å². The van der Waals surface area contributed by atoms with Gasteiger partial charge in [-0.15, -0.1) is 0 Å². The number of unbranched alkanes of at least 4 members (excludes halogenated alkanes) is 8. The van der Waals surface area contributed by atoms with Gasteiger partial charge in [0.15, 0.2) is 10.2 Å². The molecule has 0 fully saturated rings. The van der Waals surface area contributed by atoms with E-state index in [1.165, 1.54) is 51.4 Å². The summed E-state index contributed by atoms with van der Waals surface area (Å²) < 4.78 is 2.09. The van der Waals surface area contributed by atoms with Gasteiger partial charge in [-0.25, -0.2) is 4.98 Å². The van der Waals surface area contributed by atoms with E-state index in [9.17, 15) is 0 Å². The molecule has 0 spiro atoms. The van der Waals surface area contributed by atoms with E-state index in [0.717, 1.165) is 18.7 Å². The molecule has 6 N–H and O–H groups in total. The molecule has 1 heterocycles. The van der Waals surface area contributed by atoms with E-state index in [1.807, 2.05) is 12.4 Å². The first-order valence-electron chi connectivity index (χ1n) is 9.65.